The van der Waals surface area contributed by atoms with Crippen LogP contribution in [0, 0.1) is 11.3 Å². The normalized spacial score (nSPS) is 14.2. The van der Waals surface area contributed by atoms with Crippen LogP contribution in [0.5, 0.6) is 0 Å². The van der Waals surface area contributed by atoms with Gasteiger partial charge in [0.25, 0.3) is 0 Å². The molecule has 1 aliphatic rings. The summed E-state index contributed by atoms with van der Waals surface area (Å²) < 4.78 is 29.2. The molecule has 4 N–H and O–H groups in total. The minimum Gasteiger partial charge on any atom is -0.405 e. The van der Waals surface area contributed by atoms with E-state index < -0.39 is 10.0 Å². The van der Waals surface area contributed by atoms with Crippen molar-refractivity contribution in [2.75, 3.05) is 15.8 Å². The lowest BCUT2D eigenvalue weighted by Gasteiger charge is -2.30. The summed E-state index contributed by atoms with van der Waals surface area (Å²) >= 11 is 0. The van der Waals surface area contributed by atoms with Crippen LogP contribution in [0.4, 0.5) is 11.4 Å². The average Bonchev–Trinajstić information content (AvgIpc) is 3.11. The Morgan fingerprint density at radius 2 is 1.97 bits per heavy atom. The van der Waals surface area contributed by atoms with E-state index in [9.17, 15) is 13.7 Å². The Bertz CT molecular complexity index is 1470. The summed E-state index contributed by atoms with van der Waals surface area (Å²) in [6, 6.07) is 15.8. The molecule has 1 aromatic heterocycles. The lowest BCUT2D eigenvalue weighted by molar-refractivity contribution is 0.324. The van der Waals surface area contributed by atoms with E-state index in [-0.39, 0.29) is 5.75 Å². The highest BCUT2D eigenvalue weighted by Gasteiger charge is 2.28. The number of hydrogen-bond donors (Lipinski definition) is 3. The molecule has 36 heavy (non-hydrogen) atoms. The van der Waals surface area contributed by atoms with Crippen molar-refractivity contribution in [2.24, 2.45) is 10.7 Å². The van der Waals surface area contributed by atoms with Gasteiger partial charge in [0, 0.05) is 29.0 Å². The van der Waals surface area contributed by atoms with Gasteiger partial charge in [-0.1, -0.05) is 25.6 Å². The third-order valence-corrected chi connectivity index (χ3v) is 7.67. The van der Waals surface area contributed by atoms with Gasteiger partial charge in [0.05, 0.1) is 22.5 Å². The minimum absolute atomic E-state index is 0.0705. The zero-order chi connectivity index (χ0) is 25.7. The number of allylic oxidation sites excluding steroid dienone is 1. The zero-order valence-corrected chi connectivity index (χ0v) is 21.1. The van der Waals surface area contributed by atoms with Gasteiger partial charge in [-0.25, -0.2) is 13.4 Å². The number of sulfonamides is 1. The van der Waals surface area contributed by atoms with Crippen molar-refractivity contribution in [2.45, 2.75) is 38.6 Å². The van der Waals surface area contributed by atoms with Crippen LogP contribution in [0.15, 0.2) is 72.1 Å². The predicted molar refractivity (Wildman–Crippen MR) is 147 cm³/mol. The molecule has 0 aliphatic heterocycles. The molecule has 8 nitrogen and oxygen atoms in total. The third-order valence-electron chi connectivity index (χ3n) is 6.18. The molecule has 1 heterocycles. The monoisotopic (exact) mass is 502 g/mol. The van der Waals surface area contributed by atoms with Crippen molar-refractivity contribution < 1.29 is 8.42 Å². The maximum atomic E-state index is 12.2. The topological polar surface area (TPSA) is 125 Å². The SMILES string of the molecule is C=C(N=C/C=C\N)Nc1ccc2c(C#N)c(-c3ccc(NS(=O)(=O)CCC)cc3)n(C3CCC3)c2c1. The van der Waals surface area contributed by atoms with Crippen LogP contribution >= 0.6 is 0 Å². The lowest BCUT2D eigenvalue weighted by atomic mass is 9.92. The summed E-state index contributed by atoms with van der Waals surface area (Å²) in [5, 5.41) is 14.2. The highest BCUT2D eigenvalue weighted by molar-refractivity contribution is 7.92. The Kier molecular flexibility index (Phi) is 7.46. The highest BCUT2D eigenvalue weighted by atomic mass is 32.2. The van der Waals surface area contributed by atoms with E-state index in [1.165, 1.54) is 6.20 Å². The molecule has 0 unspecified atom stereocenters. The average molecular weight is 503 g/mol. The molecule has 1 aliphatic carbocycles. The highest BCUT2D eigenvalue weighted by Crippen LogP contribution is 2.43. The molecule has 1 saturated carbocycles. The van der Waals surface area contributed by atoms with Crippen molar-refractivity contribution in [3.05, 3.63) is 72.7 Å². The van der Waals surface area contributed by atoms with Gasteiger partial charge in [-0.2, -0.15) is 5.26 Å². The molecule has 0 radical (unpaired) electrons. The molecule has 186 valence electrons. The van der Waals surface area contributed by atoms with Crippen LogP contribution in [0.3, 0.4) is 0 Å². The van der Waals surface area contributed by atoms with Crippen LogP contribution in [0.1, 0.15) is 44.2 Å². The van der Waals surface area contributed by atoms with Crippen LogP contribution in [0.25, 0.3) is 22.2 Å². The molecule has 9 heteroatoms. The first-order valence-electron chi connectivity index (χ1n) is 11.9. The second-order valence-corrected chi connectivity index (χ2v) is 10.6. The molecule has 0 amide bonds. The Morgan fingerprint density at radius 1 is 1.25 bits per heavy atom. The third kappa shape index (κ3) is 5.29. The number of nitrogens with one attached hydrogen (secondary N) is 2. The largest absolute Gasteiger partial charge is 0.405 e. The Balaban J connectivity index is 1.76. The fourth-order valence-corrected chi connectivity index (χ4v) is 5.52. The van der Waals surface area contributed by atoms with E-state index in [1.54, 1.807) is 24.4 Å². The van der Waals surface area contributed by atoms with Gasteiger partial charge in [-0.15, -0.1) is 0 Å². The quantitative estimate of drug-likeness (QED) is 0.316. The number of benzene rings is 2. The first-order chi connectivity index (χ1) is 17.4. The number of fused-ring (bicyclic) bond motifs is 1. The van der Waals surface area contributed by atoms with E-state index in [0.29, 0.717) is 29.5 Å². The van der Waals surface area contributed by atoms with Crippen LogP contribution < -0.4 is 15.8 Å². The molecule has 0 bridgehead atoms. The molecule has 0 spiro atoms. The number of nitriles is 1. The van der Waals surface area contributed by atoms with Gasteiger partial charge in [0.2, 0.25) is 10.0 Å². The van der Waals surface area contributed by atoms with Crippen molar-refractivity contribution in [3.8, 4) is 17.3 Å². The van der Waals surface area contributed by atoms with E-state index in [4.69, 9.17) is 5.73 Å². The van der Waals surface area contributed by atoms with E-state index in [1.807, 2.05) is 37.3 Å². The van der Waals surface area contributed by atoms with Gasteiger partial charge in [0.1, 0.15) is 11.9 Å². The maximum absolute atomic E-state index is 12.2. The van der Waals surface area contributed by atoms with Crippen molar-refractivity contribution in [1.29, 1.82) is 5.26 Å². The number of nitrogens with two attached hydrogens (primary N) is 1. The molecule has 0 saturated heterocycles. The number of hydrogen-bond acceptors (Lipinski definition) is 6. The molecular formula is C27H30N6O2S. The summed E-state index contributed by atoms with van der Waals surface area (Å²) in [4.78, 5) is 4.20. The first kappa shape index (κ1) is 25.1. The summed E-state index contributed by atoms with van der Waals surface area (Å²) in [6.07, 6.45) is 8.33. The fourth-order valence-electron chi connectivity index (χ4n) is 4.39. The van der Waals surface area contributed by atoms with Crippen molar-refractivity contribution >= 4 is 38.5 Å². The Labute approximate surface area is 211 Å². The van der Waals surface area contributed by atoms with E-state index >= 15 is 0 Å². The summed E-state index contributed by atoms with van der Waals surface area (Å²) in [7, 11) is -3.38. The molecular weight excluding hydrogens is 472 g/mol. The van der Waals surface area contributed by atoms with E-state index in [0.717, 1.165) is 47.1 Å². The lowest BCUT2D eigenvalue weighted by Crippen LogP contribution is -2.18. The smallest absolute Gasteiger partial charge is 0.232 e. The number of aromatic nitrogens is 1. The van der Waals surface area contributed by atoms with Gasteiger partial charge >= 0.3 is 0 Å². The van der Waals surface area contributed by atoms with Gasteiger partial charge < -0.3 is 15.6 Å². The molecule has 3 aromatic rings. The van der Waals surface area contributed by atoms with Crippen molar-refractivity contribution in [3.63, 3.8) is 0 Å². The second kappa shape index (κ2) is 10.7. The number of rotatable bonds is 10. The van der Waals surface area contributed by atoms with Crippen LogP contribution in [-0.4, -0.2) is 25.0 Å². The predicted octanol–water partition coefficient (Wildman–Crippen LogP) is 5.48. The molecule has 2 aromatic carbocycles. The first-order valence-corrected chi connectivity index (χ1v) is 13.6. The van der Waals surface area contributed by atoms with Gasteiger partial charge in [0.15, 0.2) is 0 Å². The molecule has 4 rings (SSSR count). The molecule has 1 fully saturated rings. The Hall–Kier alpha value is -4.03. The van der Waals surface area contributed by atoms with Crippen molar-refractivity contribution in [1.82, 2.24) is 4.57 Å². The number of nitrogens with zero attached hydrogens (tertiary/aromatic N) is 3. The Morgan fingerprint density at radius 3 is 2.58 bits per heavy atom. The summed E-state index contributed by atoms with van der Waals surface area (Å²) in [6.45, 7) is 5.75. The second-order valence-electron chi connectivity index (χ2n) is 8.76. The summed E-state index contributed by atoms with van der Waals surface area (Å²) in [5.74, 6) is 0.539. The van der Waals surface area contributed by atoms with E-state index in [2.05, 4.69) is 32.2 Å². The van der Waals surface area contributed by atoms with Gasteiger partial charge in [-0.3, -0.25) is 4.72 Å². The van der Waals surface area contributed by atoms with Crippen LogP contribution in [-0.2, 0) is 10.0 Å². The van der Waals surface area contributed by atoms with Crippen LogP contribution in [0.2, 0.25) is 0 Å². The minimum atomic E-state index is -3.38. The zero-order valence-electron chi connectivity index (χ0n) is 20.2. The standard InChI is InChI=1S/C27H30N6O2S/c1-3-16-36(34,35)32-21-10-8-20(9-11-21)27-25(18-29)24-13-12-22(31-19(2)30-15-5-14-28)17-26(24)33(27)23-6-4-7-23/h5,8-15,17,23,31-32H,2-4,6-7,16,28H2,1H3/b14-5-,30-15?. The number of anilines is 2. The maximum Gasteiger partial charge on any atom is 0.232 e. The van der Waals surface area contributed by atoms with Gasteiger partial charge in [-0.05, 0) is 73.9 Å². The molecule has 0 atom stereocenters. The summed E-state index contributed by atoms with van der Waals surface area (Å²) in [5.41, 5.74) is 9.94. The number of aliphatic imine (C=N–C) groups is 1. The fraction of sp³-hybridized carbons (Fsp3) is 0.259.